The van der Waals surface area contributed by atoms with E-state index in [9.17, 15) is 0 Å². The molecule has 72 valence electrons. The van der Waals surface area contributed by atoms with Gasteiger partial charge in [-0.2, -0.15) is 0 Å². The van der Waals surface area contributed by atoms with E-state index in [2.05, 4.69) is 0 Å². The van der Waals surface area contributed by atoms with Gasteiger partial charge in [-0.1, -0.05) is 0 Å². The minimum absolute atomic E-state index is 0. The fourth-order valence-electron chi connectivity index (χ4n) is 0. The number of hydrogen-bond donors (Lipinski definition) is 3. The van der Waals surface area contributed by atoms with Gasteiger partial charge in [0.05, 0.1) is 0 Å². The Bertz CT molecular complexity index is 118. The maximum atomic E-state index is 8.44. The van der Waals surface area contributed by atoms with E-state index < -0.39 is 18.5 Å². The van der Waals surface area contributed by atoms with E-state index in [-0.39, 0.29) is 91.9 Å². The van der Waals surface area contributed by atoms with Crippen molar-refractivity contribution < 1.29 is 114 Å². The molecule has 14 heavy (non-hydrogen) atoms. The summed E-state index contributed by atoms with van der Waals surface area (Å²) in [6.45, 7) is 0. The van der Waals surface area contributed by atoms with Crippen LogP contribution in [0.5, 0.6) is 0 Å². The van der Waals surface area contributed by atoms with Crippen LogP contribution in [-0.2, 0) is 0 Å². The molecule has 0 heterocycles. The van der Waals surface area contributed by atoms with Gasteiger partial charge in [-0.3, -0.25) is 0 Å². The Morgan fingerprint density at radius 1 is 0.714 bits per heavy atom. The van der Waals surface area contributed by atoms with Crippen LogP contribution in [0.4, 0.5) is 14.4 Å². The smallest absolute Gasteiger partial charge is 0.565 e. The molecule has 3 N–H and O–H groups in total. The second kappa shape index (κ2) is 23.4. The SMILES string of the molecule is O=C([O-])O.O=C([O-])O.O=C([O-])O.[Cs+].[Mg+2]. The van der Waals surface area contributed by atoms with E-state index in [1.807, 2.05) is 0 Å². The van der Waals surface area contributed by atoms with Crippen molar-refractivity contribution in [3.63, 3.8) is 0 Å². The molecule has 0 amide bonds. The summed E-state index contributed by atoms with van der Waals surface area (Å²) >= 11 is 0. The van der Waals surface area contributed by atoms with Crippen LogP contribution in [0, 0.1) is 0 Å². The van der Waals surface area contributed by atoms with E-state index >= 15 is 0 Å². The first-order valence-corrected chi connectivity index (χ1v) is 1.90. The third kappa shape index (κ3) is 4330. The number of carbonyl (C=O) groups is 3. The Hall–Kier alpha value is 0.628. The van der Waals surface area contributed by atoms with E-state index in [1.165, 1.54) is 0 Å². The molecule has 0 bridgehead atoms. The van der Waals surface area contributed by atoms with Crippen LogP contribution in [0.2, 0.25) is 0 Å². The van der Waals surface area contributed by atoms with Crippen LogP contribution >= 0.6 is 0 Å². The van der Waals surface area contributed by atoms with Crippen LogP contribution < -0.4 is 84.2 Å². The Morgan fingerprint density at radius 2 is 0.714 bits per heavy atom. The number of carboxylic acid groups (broad SMARTS) is 6. The molecule has 0 saturated carbocycles. The molecule has 0 aliphatic rings. The van der Waals surface area contributed by atoms with Crippen LogP contribution in [0.3, 0.4) is 0 Å². The van der Waals surface area contributed by atoms with Crippen molar-refractivity contribution >= 4 is 41.5 Å². The predicted octanol–water partition coefficient (Wildman–Crippen LogP) is -6.71. The Balaban J connectivity index is -0.0000000270. The van der Waals surface area contributed by atoms with Crippen molar-refractivity contribution in [2.45, 2.75) is 0 Å². The van der Waals surface area contributed by atoms with Gasteiger partial charge in [0.25, 0.3) is 0 Å². The van der Waals surface area contributed by atoms with Crippen molar-refractivity contribution in [3.8, 4) is 0 Å². The Morgan fingerprint density at radius 3 is 0.714 bits per heavy atom. The molecule has 0 aromatic heterocycles. The summed E-state index contributed by atoms with van der Waals surface area (Å²) in [5, 5.41) is 45.9. The minimum atomic E-state index is -2.08. The summed E-state index contributed by atoms with van der Waals surface area (Å²) in [6, 6.07) is 0. The molecule has 9 nitrogen and oxygen atoms in total. The molecule has 0 rings (SSSR count). The second-order valence-corrected chi connectivity index (χ2v) is 0.798. The van der Waals surface area contributed by atoms with Crippen LogP contribution in [0.25, 0.3) is 0 Å². The third-order valence-electron chi connectivity index (χ3n) is 0. The summed E-state index contributed by atoms with van der Waals surface area (Å²) < 4.78 is 0. The van der Waals surface area contributed by atoms with Gasteiger partial charge < -0.3 is 45.0 Å². The van der Waals surface area contributed by atoms with Gasteiger partial charge in [-0.15, -0.1) is 0 Å². The van der Waals surface area contributed by atoms with Gasteiger partial charge in [0, 0.05) is 0 Å². The van der Waals surface area contributed by atoms with Crippen molar-refractivity contribution in [1.82, 2.24) is 0 Å². The molecule has 0 aliphatic heterocycles. The maximum Gasteiger partial charge on any atom is 2.00 e. The molecular formula is C3H3CsMgO9. The first-order valence-electron chi connectivity index (χ1n) is 1.90. The zero-order valence-electron chi connectivity index (χ0n) is 7.00. The van der Waals surface area contributed by atoms with E-state index in [0.717, 1.165) is 0 Å². The van der Waals surface area contributed by atoms with Gasteiger partial charge in [0.15, 0.2) is 0 Å². The molecule has 0 saturated heterocycles. The van der Waals surface area contributed by atoms with Crippen LogP contribution in [0.1, 0.15) is 0 Å². The van der Waals surface area contributed by atoms with Crippen molar-refractivity contribution in [1.29, 1.82) is 0 Å². The van der Waals surface area contributed by atoms with E-state index in [4.69, 9.17) is 45.0 Å². The summed E-state index contributed by atoms with van der Waals surface area (Å²) in [5.41, 5.74) is 0. The second-order valence-electron chi connectivity index (χ2n) is 0.798. The average Bonchev–Trinajstić information content (AvgIpc) is 1.54. The zero-order chi connectivity index (χ0) is 10.7. The van der Waals surface area contributed by atoms with Gasteiger partial charge in [0.1, 0.15) is 0 Å². The molecule has 0 aromatic rings. The topological polar surface area (TPSA) is 181 Å². The Labute approximate surface area is 152 Å². The van der Waals surface area contributed by atoms with Crippen LogP contribution in [0.15, 0.2) is 0 Å². The molecule has 0 aliphatic carbocycles. The molecular weight excluding hydrogens is 337 g/mol. The largest absolute Gasteiger partial charge is 2.00 e. The fourth-order valence-corrected chi connectivity index (χ4v) is 0. The predicted molar refractivity (Wildman–Crippen MR) is 29.8 cm³/mol. The summed E-state index contributed by atoms with van der Waals surface area (Å²) in [4.78, 5) is 25.3. The monoisotopic (exact) mass is 340 g/mol. The van der Waals surface area contributed by atoms with E-state index in [0.29, 0.717) is 0 Å². The quantitative estimate of drug-likeness (QED) is 0.361. The zero-order valence-corrected chi connectivity index (χ0v) is 14.7. The van der Waals surface area contributed by atoms with Crippen LogP contribution in [-0.4, -0.2) is 56.8 Å². The molecule has 0 spiro atoms. The number of rotatable bonds is 0. The Kier molecular flexibility index (Phi) is 49.1. The van der Waals surface area contributed by atoms with E-state index in [1.54, 1.807) is 0 Å². The van der Waals surface area contributed by atoms with Crippen molar-refractivity contribution in [2.75, 3.05) is 0 Å². The average molecular weight is 340 g/mol. The first kappa shape index (κ1) is 29.3. The number of hydrogen-bond acceptors (Lipinski definition) is 6. The molecule has 0 unspecified atom stereocenters. The standard InChI is InChI=1S/3CH2O3.Cs.Mg/c3*2-1(3)4;;/h3*(H2,2,3,4);;/q;;;+1;+2/p-3. The molecule has 0 radical (unpaired) electrons. The van der Waals surface area contributed by atoms with Crippen molar-refractivity contribution in [3.05, 3.63) is 0 Å². The molecule has 0 aromatic carbocycles. The van der Waals surface area contributed by atoms with Gasteiger partial charge in [-0.25, -0.2) is 0 Å². The van der Waals surface area contributed by atoms with Crippen molar-refractivity contribution in [2.24, 2.45) is 0 Å². The molecule has 11 heteroatoms. The van der Waals surface area contributed by atoms with Gasteiger partial charge in [0.2, 0.25) is 18.5 Å². The van der Waals surface area contributed by atoms with Gasteiger partial charge >= 0.3 is 91.9 Å². The van der Waals surface area contributed by atoms with Gasteiger partial charge in [-0.05, 0) is 0 Å². The first-order chi connectivity index (χ1) is 5.20. The molecule has 0 fully saturated rings. The molecule has 0 atom stereocenters. The fraction of sp³-hybridized carbons (Fsp3) is 0. The summed E-state index contributed by atoms with van der Waals surface area (Å²) in [5.74, 6) is 0. The maximum absolute atomic E-state index is 8.44. The normalized spacial score (nSPS) is 5.14. The summed E-state index contributed by atoms with van der Waals surface area (Å²) in [7, 11) is 0. The summed E-state index contributed by atoms with van der Waals surface area (Å²) in [6.07, 6.45) is -6.25. The third-order valence-corrected chi connectivity index (χ3v) is 0. The minimum Gasteiger partial charge on any atom is -0.565 e.